The van der Waals surface area contributed by atoms with Crippen molar-refractivity contribution in [2.45, 2.75) is 20.0 Å². The molecular formula is C7H12N2O5. The Morgan fingerprint density at radius 3 is 2.36 bits per heavy atom. The predicted molar refractivity (Wildman–Crippen MR) is 45.0 cm³/mol. The molecule has 1 atom stereocenters. The molecule has 0 aliphatic carbocycles. The van der Waals surface area contributed by atoms with Crippen LogP contribution in [0.3, 0.4) is 0 Å². The van der Waals surface area contributed by atoms with Crippen LogP contribution in [0, 0.1) is 0 Å². The summed E-state index contributed by atoms with van der Waals surface area (Å²) in [5.74, 6) is -2.20. The Balaban J connectivity index is 3.64. The SMILES string of the molecule is CC(=O)NNC(=O)CO[C@H](C)C(=O)O. The standard InChI is InChI=1S/C7H12N2O5/c1-4(7(12)13)14-3-6(11)9-8-5(2)10/h4H,3H2,1-2H3,(H,8,10)(H,9,11)(H,12,13)/t4-/m1/s1. The molecule has 2 amide bonds. The second-order valence-corrected chi connectivity index (χ2v) is 2.52. The maximum absolute atomic E-state index is 10.8. The zero-order chi connectivity index (χ0) is 11.1. The third kappa shape index (κ3) is 5.95. The zero-order valence-electron chi connectivity index (χ0n) is 7.86. The van der Waals surface area contributed by atoms with Crippen molar-refractivity contribution in [1.29, 1.82) is 0 Å². The summed E-state index contributed by atoms with van der Waals surface area (Å²) >= 11 is 0. The predicted octanol–water partition coefficient (Wildman–Crippen LogP) is -1.36. The van der Waals surface area contributed by atoms with E-state index in [1.807, 2.05) is 10.9 Å². The van der Waals surface area contributed by atoms with Crippen molar-refractivity contribution in [2.24, 2.45) is 0 Å². The van der Waals surface area contributed by atoms with Crippen LogP contribution in [0.4, 0.5) is 0 Å². The summed E-state index contributed by atoms with van der Waals surface area (Å²) in [6.45, 7) is 2.10. The van der Waals surface area contributed by atoms with Crippen molar-refractivity contribution in [3.63, 3.8) is 0 Å². The van der Waals surface area contributed by atoms with Gasteiger partial charge in [0.2, 0.25) is 5.91 Å². The molecule has 0 rings (SSSR count). The molecule has 0 bridgehead atoms. The topological polar surface area (TPSA) is 105 Å². The molecule has 80 valence electrons. The molecular weight excluding hydrogens is 192 g/mol. The Hall–Kier alpha value is -1.63. The molecule has 0 aliphatic heterocycles. The van der Waals surface area contributed by atoms with E-state index in [0.717, 1.165) is 0 Å². The third-order valence-electron chi connectivity index (χ3n) is 1.19. The van der Waals surface area contributed by atoms with E-state index in [1.54, 1.807) is 0 Å². The van der Waals surface area contributed by atoms with Crippen LogP contribution < -0.4 is 10.9 Å². The third-order valence-corrected chi connectivity index (χ3v) is 1.19. The van der Waals surface area contributed by atoms with Gasteiger partial charge in [0.05, 0.1) is 0 Å². The Morgan fingerprint density at radius 2 is 1.93 bits per heavy atom. The first-order chi connectivity index (χ1) is 6.43. The van der Waals surface area contributed by atoms with Crippen molar-refractivity contribution in [2.75, 3.05) is 6.61 Å². The van der Waals surface area contributed by atoms with Crippen LogP contribution in [-0.2, 0) is 19.1 Å². The minimum atomic E-state index is -1.16. The van der Waals surface area contributed by atoms with Crippen molar-refractivity contribution in [3.05, 3.63) is 0 Å². The number of hydrogen-bond donors (Lipinski definition) is 3. The lowest BCUT2D eigenvalue weighted by Crippen LogP contribution is -2.43. The van der Waals surface area contributed by atoms with Gasteiger partial charge in [0.1, 0.15) is 6.61 Å². The van der Waals surface area contributed by atoms with Crippen LogP contribution in [0.5, 0.6) is 0 Å². The first-order valence-corrected chi connectivity index (χ1v) is 3.83. The summed E-state index contributed by atoms with van der Waals surface area (Å²) in [6.07, 6.45) is -1.06. The Bertz CT molecular complexity index is 240. The lowest BCUT2D eigenvalue weighted by Gasteiger charge is -2.08. The minimum absolute atomic E-state index is 0.423. The van der Waals surface area contributed by atoms with Gasteiger partial charge in [0, 0.05) is 6.92 Å². The van der Waals surface area contributed by atoms with Gasteiger partial charge in [-0.1, -0.05) is 0 Å². The van der Waals surface area contributed by atoms with Gasteiger partial charge >= 0.3 is 5.97 Å². The van der Waals surface area contributed by atoms with Crippen LogP contribution in [0.2, 0.25) is 0 Å². The van der Waals surface area contributed by atoms with E-state index in [9.17, 15) is 14.4 Å². The van der Waals surface area contributed by atoms with Gasteiger partial charge in [-0.2, -0.15) is 0 Å². The molecule has 0 saturated carbocycles. The zero-order valence-corrected chi connectivity index (χ0v) is 7.86. The smallest absolute Gasteiger partial charge is 0.332 e. The van der Waals surface area contributed by atoms with Crippen molar-refractivity contribution in [1.82, 2.24) is 10.9 Å². The molecule has 0 unspecified atom stereocenters. The highest BCUT2D eigenvalue weighted by molar-refractivity contribution is 5.81. The fraction of sp³-hybridized carbons (Fsp3) is 0.571. The summed E-state index contributed by atoms with van der Waals surface area (Å²) in [7, 11) is 0. The maximum Gasteiger partial charge on any atom is 0.332 e. The van der Waals surface area contributed by atoms with Gasteiger partial charge < -0.3 is 9.84 Å². The Kier molecular flexibility index (Phi) is 5.23. The number of carboxylic acid groups (broad SMARTS) is 1. The molecule has 14 heavy (non-hydrogen) atoms. The summed E-state index contributed by atoms with van der Waals surface area (Å²) in [5.41, 5.74) is 4.05. The van der Waals surface area contributed by atoms with E-state index in [-0.39, 0.29) is 0 Å². The molecule has 0 aromatic rings. The highest BCUT2D eigenvalue weighted by Gasteiger charge is 2.12. The number of carboxylic acids is 1. The van der Waals surface area contributed by atoms with Crippen LogP contribution in [0.1, 0.15) is 13.8 Å². The number of amides is 2. The molecule has 0 aromatic carbocycles. The minimum Gasteiger partial charge on any atom is -0.479 e. The van der Waals surface area contributed by atoms with Crippen LogP contribution in [0.25, 0.3) is 0 Å². The van der Waals surface area contributed by atoms with Gasteiger partial charge in [-0.05, 0) is 6.92 Å². The van der Waals surface area contributed by atoms with Gasteiger partial charge in [-0.25, -0.2) is 4.79 Å². The average molecular weight is 204 g/mol. The fourth-order valence-electron chi connectivity index (χ4n) is 0.466. The fourth-order valence-corrected chi connectivity index (χ4v) is 0.466. The summed E-state index contributed by atoms with van der Waals surface area (Å²) < 4.78 is 4.63. The van der Waals surface area contributed by atoms with E-state index in [2.05, 4.69) is 4.74 Å². The van der Waals surface area contributed by atoms with Crippen LogP contribution in [0.15, 0.2) is 0 Å². The molecule has 0 aromatic heterocycles. The second kappa shape index (κ2) is 5.92. The van der Waals surface area contributed by atoms with Gasteiger partial charge in [-0.15, -0.1) is 0 Å². The van der Waals surface area contributed by atoms with Crippen molar-refractivity contribution < 1.29 is 24.2 Å². The molecule has 0 spiro atoms. The number of nitrogens with one attached hydrogen (secondary N) is 2. The highest BCUT2D eigenvalue weighted by Crippen LogP contribution is 1.88. The first kappa shape index (κ1) is 12.4. The number of carbonyl (C=O) groups is 3. The molecule has 0 radical (unpaired) electrons. The number of aliphatic carboxylic acids is 1. The van der Waals surface area contributed by atoms with Crippen LogP contribution in [-0.4, -0.2) is 35.6 Å². The summed E-state index contributed by atoms with van der Waals surface area (Å²) in [6, 6.07) is 0. The van der Waals surface area contributed by atoms with Crippen molar-refractivity contribution in [3.8, 4) is 0 Å². The highest BCUT2D eigenvalue weighted by atomic mass is 16.5. The molecule has 0 fully saturated rings. The maximum atomic E-state index is 10.8. The molecule has 0 saturated heterocycles. The number of carbonyl (C=O) groups excluding carboxylic acids is 2. The van der Waals surface area contributed by atoms with Gasteiger partial charge in [-0.3, -0.25) is 20.4 Å². The van der Waals surface area contributed by atoms with E-state index >= 15 is 0 Å². The van der Waals surface area contributed by atoms with E-state index in [4.69, 9.17) is 5.11 Å². The van der Waals surface area contributed by atoms with Crippen LogP contribution >= 0.6 is 0 Å². The number of hydrogen-bond acceptors (Lipinski definition) is 4. The lowest BCUT2D eigenvalue weighted by atomic mass is 10.4. The molecule has 7 heteroatoms. The summed E-state index contributed by atoms with van der Waals surface area (Å²) in [5, 5.41) is 8.39. The number of ether oxygens (including phenoxy) is 1. The second-order valence-electron chi connectivity index (χ2n) is 2.52. The van der Waals surface area contributed by atoms with Crippen molar-refractivity contribution >= 4 is 17.8 Å². The normalized spacial score (nSPS) is 11.6. The largest absolute Gasteiger partial charge is 0.479 e. The molecule has 7 nitrogen and oxygen atoms in total. The molecule has 0 aliphatic rings. The Labute approximate surface area is 80.4 Å². The quantitative estimate of drug-likeness (QED) is 0.491. The van der Waals surface area contributed by atoms with E-state index < -0.39 is 30.5 Å². The number of rotatable bonds is 4. The van der Waals surface area contributed by atoms with Gasteiger partial charge in [0.15, 0.2) is 6.10 Å². The molecule has 3 N–H and O–H groups in total. The summed E-state index contributed by atoms with van der Waals surface area (Å²) in [4.78, 5) is 31.4. The first-order valence-electron chi connectivity index (χ1n) is 3.83. The number of hydrazine groups is 1. The average Bonchev–Trinajstić information content (AvgIpc) is 2.10. The van der Waals surface area contributed by atoms with E-state index in [1.165, 1.54) is 13.8 Å². The van der Waals surface area contributed by atoms with Gasteiger partial charge in [0.25, 0.3) is 5.91 Å². The lowest BCUT2D eigenvalue weighted by molar-refractivity contribution is -0.151. The monoisotopic (exact) mass is 204 g/mol. The Morgan fingerprint density at radius 1 is 1.36 bits per heavy atom. The molecule has 0 heterocycles. The van der Waals surface area contributed by atoms with E-state index in [0.29, 0.717) is 0 Å².